The van der Waals surface area contributed by atoms with Crippen molar-refractivity contribution >= 4 is 5.97 Å². The highest BCUT2D eigenvalue weighted by molar-refractivity contribution is 5.73. The molecule has 3 aliphatic rings. The molecular weight excluding hydrogens is 456 g/mol. The van der Waals surface area contributed by atoms with Gasteiger partial charge in [-0.25, -0.2) is 4.79 Å². The summed E-state index contributed by atoms with van der Waals surface area (Å²) in [6, 6.07) is 0. The maximum atomic E-state index is 11.3. The lowest BCUT2D eigenvalue weighted by Gasteiger charge is -2.47. The lowest BCUT2D eigenvalue weighted by Crippen LogP contribution is -2.66. The van der Waals surface area contributed by atoms with Crippen molar-refractivity contribution in [3.05, 3.63) is 0 Å². The molecule has 3 saturated heterocycles. The molecule has 0 spiro atoms. The summed E-state index contributed by atoms with van der Waals surface area (Å²) < 4.78 is 26.5. The Balaban J connectivity index is 1.82. The Labute approximate surface area is 187 Å². The lowest BCUT2D eigenvalue weighted by molar-refractivity contribution is -0.385. The Morgan fingerprint density at radius 3 is 1.70 bits per heavy atom. The highest BCUT2D eigenvalue weighted by Gasteiger charge is 2.53. The molecule has 1 unspecified atom stereocenters. The third-order valence-electron chi connectivity index (χ3n) is 5.98. The number of carbonyl (C=O) groups is 1. The fraction of sp³-hybridized carbons (Fsp3) is 0.944. The molecule has 0 aromatic carbocycles. The van der Waals surface area contributed by atoms with Gasteiger partial charge in [0.15, 0.2) is 25.0 Å². The van der Waals surface area contributed by atoms with Crippen LogP contribution in [0.15, 0.2) is 0 Å². The number of carboxylic acids is 1. The van der Waals surface area contributed by atoms with E-state index in [2.05, 4.69) is 0 Å². The monoisotopic (exact) mass is 486 g/mol. The second-order valence-electron chi connectivity index (χ2n) is 8.34. The Hall–Kier alpha value is -1.05. The van der Waals surface area contributed by atoms with Crippen molar-refractivity contribution in [3.8, 4) is 0 Å². The first-order chi connectivity index (χ1) is 15.3. The zero-order chi connectivity index (χ0) is 24.8. The molecule has 192 valence electrons. The maximum Gasteiger partial charge on any atom is 0.335 e. The minimum atomic E-state index is -2.00. The number of aliphatic carboxylic acids is 1. The van der Waals surface area contributed by atoms with Gasteiger partial charge in [-0.15, -0.1) is 0 Å². The molecule has 3 fully saturated rings. The highest BCUT2D eigenvalue weighted by atomic mass is 16.8. The first-order valence-electron chi connectivity index (χ1n) is 10.3. The van der Waals surface area contributed by atoms with E-state index in [0.29, 0.717) is 0 Å². The van der Waals surface area contributed by atoms with Gasteiger partial charge >= 0.3 is 5.97 Å². The summed E-state index contributed by atoms with van der Waals surface area (Å²) in [5, 5.41) is 90.3. The van der Waals surface area contributed by atoms with Gasteiger partial charge < -0.3 is 69.6 Å². The van der Waals surface area contributed by atoms with Crippen molar-refractivity contribution in [2.75, 3.05) is 0 Å². The molecule has 15 heteroatoms. The van der Waals surface area contributed by atoms with Crippen LogP contribution in [-0.2, 0) is 28.5 Å². The Morgan fingerprint density at radius 1 is 0.606 bits per heavy atom. The van der Waals surface area contributed by atoms with Gasteiger partial charge in [0, 0.05) is 0 Å². The van der Waals surface area contributed by atoms with Crippen molar-refractivity contribution in [3.63, 3.8) is 0 Å². The van der Waals surface area contributed by atoms with E-state index < -0.39 is 98.1 Å². The quantitative estimate of drug-likeness (QED) is 0.176. The topological polar surface area (TPSA) is 245 Å². The van der Waals surface area contributed by atoms with Gasteiger partial charge in [-0.2, -0.15) is 0 Å². The van der Waals surface area contributed by atoms with Gasteiger partial charge in [0.2, 0.25) is 0 Å². The molecule has 15 atom stereocenters. The molecule has 0 amide bonds. The van der Waals surface area contributed by atoms with Crippen LogP contribution in [0, 0.1) is 0 Å². The van der Waals surface area contributed by atoms with Gasteiger partial charge in [-0.05, 0) is 13.8 Å². The number of carboxylic acid groups (broad SMARTS) is 1. The molecule has 0 bridgehead atoms. The van der Waals surface area contributed by atoms with E-state index >= 15 is 0 Å². The van der Waals surface area contributed by atoms with Gasteiger partial charge in [-0.3, -0.25) is 0 Å². The number of hydrogen-bond donors (Lipinski definition) is 9. The number of rotatable bonds is 5. The number of ether oxygens (including phenoxy) is 5. The molecule has 0 aromatic rings. The number of aliphatic hydroxyl groups excluding tert-OH is 8. The van der Waals surface area contributed by atoms with E-state index in [1.807, 2.05) is 0 Å². The van der Waals surface area contributed by atoms with E-state index in [1.165, 1.54) is 13.8 Å². The summed E-state index contributed by atoms with van der Waals surface area (Å²) in [5.74, 6) is -1.67. The van der Waals surface area contributed by atoms with Crippen molar-refractivity contribution in [2.24, 2.45) is 0 Å². The normalized spacial score (nSPS) is 53.6. The van der Waals surface area contributed by atoms with Crippen LogP contribution in [0.4, 0.5) is 0 Å². The molecule has 3 rings (SSSR count). The van der Waals surface area contributed by atoms with E-state index in [0.717, 1.165) is 0 Å². The van der Waals surface area contributed by atoms with Crippen molar-refractivity contribution in [1.82, 2.24) is 0 Å². The highest BCUT2D eigenvalue weighted by Crippen LogP contribution is 2.32. The Kier molecular flexibility index (Phi) is 8.28. The van der Waals surface area contributed by atoms with Crippen molar-refractivity contribution < 1.29 is 74.4 Å². The predicted molar refractivity (Wildman–Crippen MR) is 99.0 cm³/mol. The smallest absolute Gasteiger partial charge is 0.335 e. The van der Waals surface area contributed by atoms with Crippen molar-refractivity contribution in [2.45, 2.75) is 106 Å². The number of hydrogen-bond acceptors (Lipinski definition) is 14. The van der Waals surface area contributed by atoms with Crippen LogP contribution in [0.2, 0.25) is 0 Å². The van der Waals surface area contributed by atoms with E-state index in [1.54, 1.807) is 0 Å². The van der Waals surface area contributed by atoms with Gasteiger partial charge in [-0.1, -0.05) is 0 Å². The third kappa shape index (κ3) is 5.15. The molecule has 0 aromatic heterocycles. The summed E-state index contributed by atoms with van der Waals surface area (Å²) in [7, 11) is 0. The second-order valence-corrected chi connectivity index (χ2v) is 8.34. The molecular formula is C18H30O15. The zero-order valence-corrected chi connectivity index (χ0v) is 17.6. The zero-order valence-electron chi connectivity index (χ0n) is 17.6. The summed E-state index contributed by atoms with van der Waals surface area (Å²) in [4.78, 5) is 11.3. The molecule has 3 heterocycles. The molecule has 15 nitrogen and oxygen atoms in total. The fourth-order valence-electron chi connectivity index (χ4n) is 3.90. The van der Waals surface area contributed by atoms with E-state index in [-0.39, 0.29) is 0 Å². The Morgan fingerprint density at radius 2 is 1.12 bits per heavy atom. The minimum Gasteiger partial charge on any atom is -0.479 e. The second kappa shape index (κ2) is 10.3. The van der Waals surface area contributed by atoms with Crippen LogP contribution >= 0.6 is 0 Å². The first-order valence-corrected chi connectivity index (χ1v) is 10.3. The van der Waals surface area contributed by atoms with E-state index in [4.69, 9.17) is 23.7 Å². The van der Waals surface area contributed by atoms with Gasteiger partial charge in [0.25, 0.3) is 0 Å². The van der Waals surface area contributed by atoms with Crippen LogP contribution in [0.1, 0.15) is 13.8 Å². The van der Waals surface area contributed by atoms with Crippen LogP contribution in [0.3, 0.4) is 0 Å². The first kappa shape index (κ1) is 26.6. The van der Waals surface area contributed by atoms with E-state index in [9.17, 15) is 50.8 Å². The molecule has 9 N–H and O–H groups in total. The van der Waals surface area contributed by atoms with Gasteiger partial charge in [0.05, 0.1) is 12.2 Å². The average Bonchev–Trinajstić information content (AvgIpc) is 2.75. The summed E-state index contributed by atoms with van der Waals surface area (Å²) in [5.41, 5.74) is 0. The minimum absolute atomic E-state index is 0.938. The molecule has 0 radical (unpaired) electrons. The third-order valence-corrected chi connectivity index (χ3v) is 5.98. The van der Waals surface area contributed by atoms with Crippen LogP contribution < -0.4 is 0 Å². The Bertz CT molecular complexity index is 679. The van der Waals surface area contributed by atoms with Gasteiger partial charge in [0.1, 0.15) is 54.9 Å². The largest absolute Gasteiger partial charge is 0.479 e. The lowest BCUT2D eigenvalue weighted by atomic mass is 9.97. The fourth-order valence-corrected chi connectivity index (χ4v) is 3.90. The maximum absolute atomic E-state index is 11.3. The summed E-state index contributed by atoms with van der Waals surface area (Å²) >= 11 is 0. The molecule has 0 aliphatic carbocycles. The summed E-state index contributed by atoms with van der Waals surface area (Å²) in [6.07, 6.45) is -25.0. The SMILES string of the molecule is C[C@@H]1O[C@H](O[C@H]2C(O)O[C@@H](C)[C@H](O)[C@H]2O)[C@H](O[C@H]2O[C@H](C(=O)O)[C@H](O)[C@H](O)[C@H]2O)[C@H](O)[C@H]1O. The van der Waals surface area contributed by atoms with Crippen LogP contribution in [0.25, 0.3) is 0 Å². The average molecular weight is 486 g/mol. The molecule has 3 aliphatic heterocycles. The predicted octanol–water partition coefficient (Wildman–Crippen LogP) is -5.43. The molecule has 0 saturated carbocycles. The standard InChI is InChI=1S/C18H30O15/c1-3-5(19)8(22)13(16(28)29-3)32-18-14(9(23)6(20)4(2)30-18)33-17-11(25)7(21)10(24)12(31-17)15(26)27/h3-14,16-25,28H,1-2H3,(H,26,27)/t3-,4-,5-,6-,7-,8+,9+,10+,11+,12-,13+,14+,16?,17+,18+/m0/s1. The summed E-state index contributed by atoms with van der Waals surface area (Å²) in [6.45, 7) is 2.77. The number of aliphatic hydroxyl groups is 8. The van der Waals surface area contributed by atoms with Crippen LogP contribution in [-0.4, -0.2) is 144 Å². The molecule has 33 heavy (non-hydrogen) atoms. The van der Waals surface area contributed by atoms with Crippen LogP contribution in [0.5, 0.6) is 0 Å². The van der Waals surface area contributed by atoms with Crippen molar-refractivity contribution in [1.29, 1.82) is 0 Å².